The Kier molecular flexibility index (Phi) is 7.97. The van der Waals surface area contributed by atoms with Crippen molar-refractivity contribution in [2.24, 2.45) is 5.10 Å². The Balaban J connectivity index is 1.78. The molecule has 0 aliphatic heterocycles. The molecule has 0 amide bonds. The van der Waals surface area contributed by atoms with Gasteiger partial charge in [0, 0.05) is 56.9 Å². The molecule has 1 heterocycles. The van der Waals surface area contributed by atoms with E-state index in [9.17, 15) is 4.79 Å². The number of hydrogen-bond donors (Lipinski definition) is 0. The van der Waals surface area contributed by atoms with E-state index < -0.39 is 5.41 Å². The Hall–Kier alpha value is -2.87. The van der Waals surface area contributed by atoms with Crippen LogP contribution in [0.2, 0.25) is 10.0 Å². The molecule has 4 aromatic rings. The minimum atomic E-state index is -0.419. The van der Waals surface area contributed by atoms with Crippen molar-refractivity contribution < 1.29 is 4.74 Å². The van der Waals surface area contributed by atoms with E-state index in [4.69, 9.17) is 32.9 Å². The highest BCUT2D eigenvalue weighted by Gasteiger charge is 2.23. The zero-order valence-corrected chi connectivity index (χ0v) is 24.3. The van der Waals surface area contributed by atoms with Crippen molar-refractivity contribution in [2.45, 2.75) is 32.8 Å². The first-order valence-corrected chi connectivity index (χ1v) is 13.1. The lowest BCUT2D eigenvalue weighted by molar-refractivity contribution is 0.306. The zero-order valence-electron chi connectivity index (χ0n) is 21.2. The molecule has 0 saturated carbocycles. The largest absolute Gasteiger partial charge is 0.488 e. The van der Waals surface area contributed by atoms with Crippen molar-refractivity contribution in [3.63, 3.8) is 0 Å². The molecule has 3 aromatic carbocycles. The van der Waals surface area contributed by atoms with E-state index in [-0.39, 0.29) is 12.2 Å². The van der Waals surface area contributed by atoms with Crippen LogP contribution in [-0.4, -0.2) is 30.0 Å². The van der Waals surface area contributed by atoms with E-state index in [0.29, 0.717) is 38.1 Å². The van der Waals surface area contributed by atoms with Gasteiger partial charge in [-0.15, -0.1) is 0 Å². The summed E-state index contributed by atoms with van der Waals surface area (Å²) >= 11 is 15.8. The van der Waals surface area contributed by atoms with E-state index in [1.165, 1.54) is 4.68 Å². The van der Waals surface area contributed by atoms with E-state index in [2.05, 4.69) is 21.0 Å². The summed E-state index contributed by atoms with van der Waals surface area (Å²) in [5.41, 5.74) is 2.43. The van der Waals surface area contributed by atoms with Crippen molar-refractivity contribution in [1.82, 2.24) is 9.66 Å². The normalized spacial score (nSPS) is 11.9. The molecule has 4 rings (SSSR count). The summed E-state index contributed by atoms with van der Waals surface area (Å²) in [6, 6.07) is 16.6. The maximum absolute atomic E-state index is 13.5. The first-order chi connectivity index (χ1) is 17.4. The molecule has 6 nitrogen and oxygen atoms in total. The fraction of sp³-hybridized carbons (Fsp3) is 0.250. The standard InChI is InChI=1S/C28H27BrCl2N4O2/c1-28(2,3)27-33-24-11-8-19(29)12-22(24)26(36)35(27)32-15-17-7-10-21(34(4)5)14-25(17)37-16-18-6-9-20(30)13-23(18)31/h6-15H,16H2,1-5H3. The van der Waals surface area contributed by atoms with Crippen LogP contribution < -0.4 is 15.2 Å². The lowest BCUT2D eigenvalue weighted by Gasteiger charge is -2.21. The van der Waals surface area contributed by atoms with E-state index in [1.807, 2.05) is 76.2 Å². The Morgan fingerprint density at radius 3 is 2.51 bits per heavy atom. The monoisotopic (exact) mass is 600 g/mol. The number of halogens is 3. The second-order valence-corrected chi connectivity index (χ2v) is 11.6. The molecule has 0 N–H and O–H groups in total. The molecule has 0 spiro atoms. The number of hydrogen-bond acceptors (Lipinski definition) is 5. The van der Waals surface area contributed by atoms with Crippen LogP contribution >= 0.6 is 39.1 Å². The van der Waals surface area contributed by atoms with Crippen molar-refractivity contribution in [3.05, 3.63) is 96.4 Å². The maximum atomic E-state index is 13.5. The summed E-state index contributed by atoms with van der Waals surface area (Å²) in [4.78, 5) is 20.3. The van der Waals surface area contributed by atoms with Crippen LogP contribution in [0.15, 0.2) is 69.0 Å². The van der Waals surface area contributed by atoms with Gasteiger partial charge in [-0.3, -0.25) is 4.79 Å². The van der Waals surface area contributed by atoms with Gasteiger partial charge < -0.3 is 9.64 Å². The van der Waals surface area contributed by atoms with Crippen molar-refractivity contribution in [3.8, 4) is 5.75 Å². The highest BCUT2D eigenvalue weighted by Crippen LogP contribution is 2.28. The lowest BCUT2D eigenvalue weighted by Crippen LogP contribution is -2.29. The van der Waals surface area contributed by atoms with Gasteiger partial charge in [-0.25, -0.2) is 4.98 Å². The van der Waals surface area contributed by atoms with Crippen molar-refractivity contribution in [2.75, 3.05) is 19.0 Å². The Morgan fingerprint density at radius 1 is 1.08 bits per heavy atom. The number of ether oxygens (including phenoxy) is 1. The molecule has 0 radical (unpaired) electrons. The number of rotatable bonds is 6. The summed E-state index contributed by atoms with van der Waals surface area (Å²) in [5, 5.41) is 6.18. The zero-order chi connectivity index (χ0) is 26.9. The van der Waals surface area contributed by atoms with Gasteiger partial charge in [0.15, 0.2) is 0 Å². The molecule has 0 aliphatic rings. The Morgan fingerprint density at radius 2 is 1.84 bits per heavy atom. The van der Waals surface area contributed by atoms with Gasteiger partial charge in [-0.2, -0.15) is 9.78 Å². The molecule has 0 bridgehead atoms. The lowest BCUT2D eigenvalue weighted by atomic mass is 9.95. The fourth-order valence-corrected chi connectivity index (χ4v) is 4.51. The summed E-state index contributed by atoms with van der Waals surface area (Å²) in [7, 11) is 3.91. The molecule has 37 heavy (non-hydrogen) atoms. The van der Waals surface area contributed by atoms with Crippen LogP contribution in [0.5, 0.6) is 5.75 Å². The molecule has 192 valence electrons. The predicted octanol–water partition coefficient (Wildman–Crippen LogP) is 7.29. The minimum absolute atomic E-state index is 0.243. The molecular weight excluding hydrogens is 575 g/mol. The van der Waals surface area contributed by atoms with Gasteiger partial charge >= 0.3 is 0 Å². The molecule has 0 fully saturated rings. The third kappa shape index (κ3) is 6.17. The Labute approximate surface area is 234 Å². The second kappa shape index (κ2) is 10.9. The number of anilines is 1. The van der Waals surface area contributed by atoms with E-state index in [1.54, 1.807) is 24.4 Å². The van der Waals surface area contributed by atoms with Crippen molar-refractivity contribution in [1.29, 1.82) is 0 Å². The summed E-state index contributed by atoms with van der Waals surface area (Å²) in [6.45, 7) is 6.25. The highest BCUT2D eigenvalue weighted by atomic mass is 79.9. The number of nitrogens with zero attached hydrogens (tertiary/aromatic N) is 4. The van der Waals surface area contributed by atoms with Gasteiger partial charge in [-0.05, 0) is 42.5 Å². The second-order valence-electron chi connectivity index (χ2n) is 9.85. The average molecular weight is 602 g/mol. The molecule has 0 atom stereocenters. The van der Waals surface area contributed by atoms with Crippen LogP contribution in [0.3, 0.4) is 0 Å². The number of fused-ring (bicyclic) bond motifs is 1. The van der Waals surface area contributed by atoms with Crippen LogP contribution in [0.1, 0.15) is 37.7 Å². The molecule has 0 aliphatic carbocycles. The summed E-state index contributed by atoms with van der Waals surface area (Å²) in [5.74, 6) is 1.16. The molecule has 0 unspecified atom stereocenters. The minimum Gasteiger partial charge on any atom is -0.488 e. The summed E-state index contributed by atoms with van der Waals surface area (Å²) in [6.07, 6.45) is 1.63. The van der Waals surface area contributed by atoms with Crippen LogP contribution in [0, 0.1) is 0 Å². The topological polar surface area (TPSA) is 59.7 Å². The molecule has 1 aromatic heterocycles. The number of aromatic nitrogens is 2. The van der Waals surface area contributed by atoms with Crippen LogP contribution in [0.25, 0.3) is 10.9 Å². The van der Waals surface area contributed by atoms with Gasteiger partial charge in [-0.1, -0.05) is 66.0 Å². The smallest absolute Gasteiger partial charge is 0.282 e. The van der Waals surface area contributed by atoms with Gasteiger partial charge in [0.1, 0.15) is 18.2 Å². The SMILES string of the molecule is CN(C)c1ccc(C=Nn2c(C(C)(C)C)nc3ccc(Br)cc3c2=O)c(OCc2ccc(Cl)cc2Cl)c1. The first-order valence-electron chi connectivity index (χ1n) is 11.6. The average Bonchev–Trinajstić information content (AvgIpc) is 2.82. The first kappa shape index (κ1) is 27.2. The van der Waals surface area contributed by atoms with Crippen LogP contribution in [-0.2, 0) is 12.0 Å². The maximum Gasteiger partial charge on any atom is 0.282 e. The van der Waals surface area contributed by atoms with E-state index in [0.717, 1.165) is 15.7 Å². The fourth-order valence-electron chi connectivity index (χ4n) is 3.69. The third-order valence-electron chi connectivity index (χ3n) is 5.70. The molecule has 0 saturated heterocycles. The molecular formula is C28H27BrCl2N4O2. The van der Waals surface area contributed by atoms with Gasteiger partial charge in [0.2, 0.25) is 0 Å². The highest BCUT2D eigenvalue weighted by molar-refractivity contribution is 9.10. The number of benzene rings is 3. The van der Waals surface area contributed by atoms with Crippen molar-refractivity contribution >= 4 is 61.9 Å². The van der Waals surface area contributed by atoms with Crippen LogP contribution in [0.4, 0.5) is 5.69 Å². The Bertz CT molecular complexity index is 1560. The molecule has 9 heteroatoms. The summed E-state index contributed by atoms with van der Waals surface area (Å²) < 4.78 is 8.35. The van der Waals surface area contributed by atoms with E-state index >= 15 is 0 Å². The third-order valence-corrected chi connectivity index (χ3v) is 6.78. The predicted molar refractivity (Wildman–Crippen MR) is 157 cm³/mol. The van der Waals surface area contributed by atoms with Gasteiger partial charge in [0.05, 0.1) is 17.1 Å². The quantitative estimate of drug-likeness (QED) is 0.218. The van der Waals surface area contributed by atoms with Gasteiger partial charge in [0.25, 0.3) is 5.56 Å².